The maximum absolute atomic E-state index is 11.5. The van der Waals surface area contributed by atoms with Crippen molar-refractivity contribution in [2.75, 3.05) is 13.1 Å². The highest BCUT2D eigenvalue weighted by Crippen LogP contribution is 2.17. The molecular weight excluding hydrogens is 454 g/mol. The molecule has 1 saturated heterocycles. The van der Waals surface area contributed by atoms with E-state index in [0.29, 0.717) is 0 Å². The van der Waals surface area contributed by atoms with Crippen LogP contribution >= 0.6 is 0 Å². The summed E-state index contributed by atoms with van der Waals surface area (Å²) in [7, 11) is 0. The second-order valence-electron chi connectivity index (χ2n) is 8.21. The monoisotopic (exact) mass is 489 g/mol. The minimum atomic E-state index is -0.932. The molecule has 0 radical (unpaired) electrons. The average molecular weight is 490 g/mol. The maximum atomic E-state index is 11.5. The Labute approximate surface area is 206 Å². The number of aliphatic carboxylic acids is 1. The molecular formula is C25H35N3O7. The van der Waals surface area contributed by atoms with E-state index in [9.17, 15) is 24.0 Å². The van der Waals surface area contributed by atoms with Crippen molar-refractivity contribution >= 4 is 29.7 Å². The second kappa shape index (κ2) is 17.7. The predicted molar refractivity (Wildman–Crippen MR) is 129 cm³/mol. The number of nitrogens with one attached hydrogen (secondary N) is 2. The summed E-state index contributed by atoms with van der Waals surface area (Å²) in [6, 6.07) is 4.03. The number of aromatic nitrogens is 1. The molecule has 0 spiro atoms. The summed E-state index contributed by atoms with van der Waals surface area (Å²) in [4.78, 5) is 56.7. The SMILES string of the molecule is C#CC(=O)OC(=O)C(C)C.CC(=O)NCC(C)C(=O)O.O=C1NCCC[C@H]1CCc1ccncc1. The summed E-state index contributed by atoms with van der Waals surface area (Å²) in [5.41, 5.74) is 1.27. The van der Waals surface area contributed by atoms with Crippen LogP contribution in [0.15, 0.2) is 24.5 Å². The molecule has 1 fully saturated rings. The standard InChI is InChI=1S/C12H16N2O.C7H8O3.C6H11NO3/c15-12-11(2-1-7-14-12)4-3-10-5-8-13-9-6-10;1-4-6(8)10-7(9)5(2)3;1-4(6(9)10)3-7-5(2)8/h5-6,8-9,11H,1-4,7H2,(H,14,15);1,5H,2-3H3;4H,3H2,1-2H3,(H,7,8)(H,9,10)/t11-;;/m0../s1. The van der Waals surface area contributed by atoms with Crippen molar-refractivity contribution in [2.24, 2.45) is 17.8 Å². The number of ether oxygens (including phenoxy) is 1. The van der Waals surface area contributed by atoms with Crippen molar-refractivity contribution in [3.63, 3.8) is 0 Å². The molecule has 1 unspecified atom stereocenters. The van der Waals surface area contributed by atoms with Gasteiger partial charge in [-0.2, -0.15) is 0 Å². The number of carbonyl (C=O) groups is 5. The van der Waals surface area contributed by atoms with Crippen LogP contribution < -0.4 is 10.6 Å². The van der Waals surface area contributed by atoms with Crippen LogP contribution in [0.3, 0.4) is 0 Å². The molecule has 1 aliphatic rings. The van der Waals surface area contributed by atoms with Gasteiger partial charge in [-0.25, -0.2) is 4.79 Å². The van der Waals surface area contributed by atoms with Crippen LogP contribution in [0.1, 0.15) is 52.5 Å². The van der Waals surface area contributed by atoms with Crippen LogP contribution in [0.25, 0.3) is 0 Å². The smallest absolute Gasteiger partial charge is 0.391 e. The highest BCUT2D eigenvalue weighted by Gasteiger charge is 2.21. The van der Waals surface area contributed by atoms with Crippen LogP contribution in [-0.2, 0) is 35.1 Å². The van der Waals surface area contributed by atoms with Crippen LogP contribution in [0, 0.1) is 30.1 Å². The van der Waals surface area contributed by atoms with Crippen LogP contribution in [0.4, 0.5) is 0 Å². The third kappa shape index (κ3) is 15.7. The molecule has 35 heavy (non-hydrogen) atoms. The Kier molecular flexibility index (Phi) is 15.8. The van der Waals surface area contributed by atoms with Gasteiger partial charge in [0.25, 0.3) is 0 Å². The van der Waals surface area contributed by atoms with E-state index in [4.69, 9.17) is 5.11 Å². The molecule has 2 amide bonds. The van der Waals surface area contributed by atoms with Crippen molar-refractivity contribution in [3.8, 4) is 12.3 Å². The van der Waals surface area contributed by atoms with Crippen molar-refractivity contribution < 1.29 is 33.8 Å². The number of esters is 2. The molecule has 0 aliphatic carbocycles. The van der Waals surface area contributed by atoms with Crippen LogP contribution in [-0.4, -0.2) is 52.9 Å². The molecule has 0 aromatic carbocycles. The molecule has 2 atom stereocenters. The fourth-order valence-electron chi connectivity index (χ4n) is 2.62. The quantitative estimate of drug-likeness (QED) is 0.227. The van der Waals surface area contributed by atoms with Crippen molar-refractivity contribution in [1.29, 1.82) is 0 Å². The van der Waals surface area contributed by atoms with Gasteiger partial charge in [0.2, 0.25) is 11.8 Å². The lowest BCUT2D eigenvalue weighted by molar-refractivity contribution is -0.158. The molecule has 1 aromatic rings. The lowest BCUT2D eigenvalue weighted by Crippen LogP contribution is -2.36. The molecule has 192 valence electrons. The van der Waals surface area contributed by atoms with E-state index >= 15 is 0 Å². The Balaban J connectivity index is 0.000000517. The summed E-state index contributed by atoms with van der Waals surface area (Å²) >= 11 is 0. The van der Waals surface area contributed by atoms with Gasteiger partial charge in [0.15, 0.2) is 0 Å². The summed E-state index contributed by atoms with van der Waals surface area (Å²) in [5, 5.41) is 13.7. The predicted octanol–water partition coefficient (Wildman–Crippen LogP) is 1.73. The number of pyridine rings is 1. The van der Waals surface area contributed by atoms with E-state index in [1.165, 1.54) is 19.4 Å². The van der Waals surface area contributed by atoms with Gasteiger partial charge in [-0.05, 0) is 43.4 Å². The van der Waals surface area contributed by atoms with Crippen LogP contribution in [0.2, 0.25) is 0 Å². The molecule has 10 heteroatoms. The zero-order chi connectivity index (χ0) is 26.8. The number of terminal acetylenes is 1. The second-order valence-corrected chi connectivity index (χ2v) is 8.21. The summed E-state index contributed by atoms with van der Waals surface area (Å²) in [6.45, 7) is 7.18. The number of carbonyl (C=O) groups excluding carboxylic acids is 4. The minimum Gasteiger partial charge on any atom is -0.481 e. The number of amides is 2. The zero-order valence-electron chi connectivity index (χ0n) is 20.7. The van der Waals surface area contributed by atoms with Gasteiger partial charge in [0.1, 0.15) is 0 Å². The fourth-order valence-corrected chi connectivity index (χ4v) is 2.62. The van der Waals surface area contributed by atoms with E-state index in [2.05, 4.69) is 26.8 Å². The van der Waals surface area contributed by atoms with E-state index in [-0.39, 0.29) is 30.2 Å². The lowest BCUT2D eigenvalue weighted by Gasteiger charge is -2.21. The first-order valence-electron chi connectivity index (χ1n) is 11.3. The maximum Gasteiger partial charge on any atom is 0.391 e. The van der Waals surface area contributed by atoms with E-state index in [0.717, 1.165) is 32.2 Å². The number of hydrogen-bond donors (Lipinski definition) is 3. The van der Waals surface area contributed by atoms with Crippen molar-refractivity contribution in [2.45, 2.75) is 53.4 Å². The summed E-state index contributed by atoms with van der Waals surface area (Å²) < 4.78 is 4.15. The topological polar surface area (TPSA) is 152 Å². The first-order valence-corrected chi connectivity index (χ1v) is 11.3. The number of rotatable bonds is 7. The number of hydrogen-bond acceptors (Lipinski definition) is 7. The van der Waals surface area contributed by atoms with Gasteiger partial charge in [-0.1, -0.05) is 20.8 Å². The number of nitrogens with zero attached hydrogens (tertiary/aromatic N) is 1. The Hall–Kier alpha value is -3.74. The van der Waals surface area contributed by atoms with Gasteiger partial charge >= 0.3 is 17.9 Å². The highest BCUT2D eigenvalue weighted by atomic mass is 16.6. The third-order valence-corrected chi connectivity index (χ3v) is 4.79. The fraction of sp³-hybridized carbons (Fsp3) is 0.520. The Morgan fingerprint density at radius 1 is 1.26 bits per heavy atom. The molecule has 0 bridgehead atoms. The molecule has 3 N–H and O–H groups in total. The van der Waals surface area contributed by atoms with Gasteiger partial charge in [0, 0.05) is 44.2 Å². The lowest BCUT2D eigenvalue weighted by atomic mass is 9.92. The molecule has 1 aliphatic heterocycles. The number of aryl methyl sites for hydroxylation is 1. The Morgan fingerprint density at radius 2 is 1.89 bits per heavy atom. The number of piperidine rings is 1. The molecule has 1 aromatic heterocycles. The largest absolute Gasteiger partial charge is 0.481 e. The summed E-state index contributed by atoms with van der Waals surface area (Å²) in [6.07, 6.45) is 12.3. The molecule has 2 rings (SSSR count). The van der Waals surface area contributed by atoms with E-state index in [1.807, 2.05) is 12.1 Å². The highest BCUT2D eigenvalue weighted by molar-refractivity contribution is 5.96. The summed E-state index contributed by atoms with van der Waals surface area (Å²) in [5.74, 6) is -1.34. The van der Waals surface area contributed by atoms with Gasteiger partial charge in [-0.15, -0.1) is 6.42 Å². The first kappa shape index (κ1) is 31.3. The molecule has 0 saturated carbocycles. The van der Waals surface area contributed by atoms with E-state index < -0.39 is 23.8 Å². The van der Waals surface area contributed by atoms with Crippen molar-refractivity contribution in [1.82, 2.24) is 15.6 Å². The molecule has 10 nitrogen and oxygen atoms in total. The average Bonchev–Trinajstić information content (AvgIpc) is 2.83. The normalized spacial score (nSPS) is 15.0. The number of carboxylic acids is 1. The van der Waals surface area contributed by atoms with E-state index in [1.54, 1.807) is 32.2 Å². The number of carboxylic acid groups (broad SMARTS) is 1. The van der Waals surface area contributed by atoms with Gasteiger partial charge in [-0.3, -0.25) is 24.2 Å². The van der Waals surface area contributed by atoms with Gasteiger partial charge < -0.3 is 20.5 Å². The Morgan fingerprint density at radius 3 is 2.37 bits per heavy atom. The van der Waals surface area contributed by atoms with Crippen LogP contribution in [0.5, 0.6) is 0 Å². The third-order valence-electron chi connectivity index (χ3n) is 4.79. The van der Waals surface area contributed by atoms with Gasteiger partial charge in [0.05, 0.1) is 11.8 Å². The zero-order valence-corrected chi connectivity index (χ0v) is 20.7. The first-order chi connectivity index (χ1) is 16.5. The Bertz CT molecular complexity index is 879. The van der Waals surface area contributed by atoms with Crippen molar-refractivity contribution in [3.05, 3.63) is 30.1 Å². The molecule has 2 heterocycles. The minimum absolute atomic E-state index is 0.199.